The van der Waals surface area contributed by atoms with Crippen molar-refractivity contribution in [3.05, 3.63) is 0 Å². The summed E-state index contributed by atoms with van der Waals surface area (Å²) in [5, 5.41) is 35.8. The molecule has 1 aliphatic heterocycles. The lowest BCUT2D eigenvalue weighted by atomic mass is 10.0. The number of rotatable bonds is 14. The van der Waals surface area contributed by atoms with Crippen molar-refractivity contribution in [3.63, 3.8) is 0 Å². The molecular formula is C22H40N8O7. The van der Waals surface area contributed by atoms with Crippen LogP contribution in [0.2, 0.25) is 0 Å². The van der Waals surface area contributed by atoms with E-state index in [-0.39, 0.29) is 31.4 Å². The number of nitrogens with zero attached hydrogens (tertiary/aromatic N) is 1. The molecule has 0 aliphatic carbocycles. The minimum absolute atomic E-state index is 0.118. The lowest BCUT2D eigenvalue weighted by Gasteiger charge is -2.28. The maximum atomic E-state index is 13.0. The molecule has 210 valence electrons. The number of carbonyl (C=O) groups is 5. The zero-order chi connectivity index (χ0) is 28.3. The van der Waals surface area contributed by atoms with Crippen molar-refractivity contribution in [3.8, 4) is 0 Å². The smallest absolute Gasteiger partial charge is 0.326 e. The lowest BCUT2D eigenvalue weighted by Crippen LogP contribution is -2.58. The van der Waals surface area contributed by atoms with Crippen LogP contribution in [-0.4, -0.2) is 101 Å². The Hall–Kier alpha value is -3.46. The number of nitrogens with one attached hydrogen (secondary N) is 5. The molecule has 0 aromatic carbocycles. The fraction of sp³-hybridized carbons (Fsp3) is 0.727. The number of hydrogen-bond acceptors (Lipinski definition) is 8. The van der Waals surface area contributed by atoms with E-state index in [0.717, 1.165) is 0 Å². The van der Waals surface area contributed by atoms with Gasteiger partial charge in [0.2, 0.25) is 23.6 Å². The summed E-state index contributed by atoms with van der Waals surface area (Å²) in [6, 6.07) is -5.38. The fourth-order valence-electron chi connectivity index (χ4n) is 3.83. The molecule has 37 heavy (non-hydrogen) atoms. The standard InChI is InChI=1S/C22H40N8O7/c1-11(2)16(21(36)37)29-17(32)12(3)27-18(33)14(6-4-8-26-22(24)25)28-19(34)15-7-5-9-30(15)20(35)13(23)10-31/h11-16,31H,4-10,23H2,1-3H3,(H,27,33)(H,28,34)(H,29,32)(H,36,37)(H4,24,25,26)/t12-,13-,14-,15-,16-/m0/s1. The monoisotopic (exact) mass is 528 g/mol. The lowest BCUT2D eigenvalue weighted by molar-refractivity contribution is -0.143. The van der Waals surface area contributed by atoms with Gasteiger partial charge in [0.05, 0.1) is 6.61 Å². The first kappa shape index (κ1) is 31.6. The van der Waals surface area contributed by atoms with E-state index in [0.29, 0.717) is 19.3 Å². The van der Waals surface area contributed by atoms with Crippen LogP contribution in [0.5, 0.6) is 0 Å². The summed E-state index contributed by atoms with van der Waals surface area (Å²) in [6.45, 7) is 4.61. The van der Waals surface area contributed by atoms with E-state index in [1.807, 2.05) is 0 Å². The summed E-state index contributed by atoms with van der Waals surface area (Å²) in [7, 11) is 0. The molecule has 0 spiro atoms. The molecule has 1 aliphatic rings. The Morgan fingerprint density at radius 2 is 1.73 bits per heavy atom. The normalized spacial score (nSPS) is 18.3. The molecule has 0 aromatic heterocycles. The molecule has 5 atom stereocenters. The van der Waals surface area contributed by atoms with Gasteiger partial charge in [0, 0.05) is 13.1 Å². The van der Waals surface area contributed by atoms with Gasteiger partial charge in [0.15, 0.2) is 5.96 Å². The number of hydrogen-bond donors (Lipinski definition) is 9. The van der Waals surface area contributed by atoms with E-state index in [9.17, 15) is 34.2 Å². The first-order valence-electron chi connectivity index (χ1n) is 12.2. The van der Waals surface area contributed by atoms with Crippen LogP contribution in [0.1, 0.15) is 46.5 Å². The average molecular weight is 529 g/mol. The number of aliphatic hydroxyl groups excluding tert-OH is 1. The number of guanidine groups is 1. The third kappa shape index (κ3) is 9.84. The van der Waals surface area contributed by atoms with Crippen LogP contribution in [-0.2, 0) is 24.0 Å². The van der Waals surface area contributed by atoms with Gasteiger partial charge in [-0.2, -0.15) is 0 Å². The Kier molecular flexibility index (Phi) is 12.8. The van der Waals surface area contributed by atoms with Crippen molar-refractivity contribution in [2.24, 2.45) is 17.4 Å². The van der Waals surface area contributed by atoms with Gasteiger partial charge in [0.25, 0.3) is 0 Å². The molecule has 1 rings (SSSR count). The summed E-state index contributed by atoms with van der Waals surface area (Å²) >= 11 is 0. The molecule has 1 heterocycles. The topological polar surface area (TPSA) is 253 Å². The molecular weight excluding hydrogens is 488 g/mol. The Balaban J connectivity index is 2.92. The van der Waals surface area contributed by atoms with Gasteiger partial charge in [-0.1, -0.05) is 13.8 Å². The van der Waals surface area contributed by atoms with Crippen LogP contribution < -0.4 is 32.7 Å². The molecule has 1 fully saturated rings. The second-order valence-electron chi connectivity index (χ2n) is 9.32. The first-order valence-corrected chi connectivity index (χ1v) is 12.2. The summed E-state index contributed by atoms with van der Waals surface area (Å²) in [5.41, 5.74) is 10.9. The quantitative estimate of drug-likeness (QED) is 0.0619. The summed E-state index contributed by atoms with van der Waals surface area (Å²) < 4.78 is 0. The van der Waals surface area contributed by atoms with Crippen LogP contribution in [0.25, 0.3) is 0 Å². The molecule has 15 nitrogen and oxygen atoms in total. The van der Waals surface area contributed by atoms with E-state index in [1.54, 1.807) is 13.8 Å². The molecule has 0 saturated carbocycles. The van der Waals surface area contributed by atoms with Crippen LogP contribution in [0.4, 0.5) is 0 Å². The molecule has 0 bridgehead atoms. The van der Waals surface area contributed by atoms with Gasteiger partial charge in [-0.15, -0.1) is 0 Å². The number of aliphatic hydroxyl groups is 1. The van der Waals surface area contributed by atoms with Crippen LogP contribution in [0.15, 0.2) is 0 Å². The van der Waals surface area contributed by atoms with E-state index in [2.05, 4.69) is 21.3 Å². The molecule has 1 saturated heterocycles. The number of carboxylic acid groups (broad SMARTS) is 1. The van der Waals surface area contributed by atoms with E-state index < -0.39 is 66.4 Å². The Bertz CT molecular complexity index is 853. The predicted octanol–water partition coefficient (Wildman–Crippen LogP) is -3.22. The highest BCUT2D eigenvalue weighted by atomic mass is 16.4. The number of nitrogens with two attached hydrogens (primary N) is 2. The van der Waals surface area contributed by atoms with E-state index in [1.165, 1.54) is 11.8 Å². The minimum Gasteiger partial charge on any atom is -0.480 e. The fourth-order valence-corrected chi connectivity index (χ4v) is 3.83. The molecule has 0 unspecified atom stereocenters. The third-order valence-corrected chi connectivity index (χ3v) is 5.95. The molecule has 11 N–H and O–H groups in total. The Labute approximate surface area is 215 Å². The number of aliphatic carboxylic acids is 1. The van der Waals surface area contributed by atoms with Gasteiger partial charge in [0.1, 0.15) is 30.2 Å². The number of likely N-dealkylation sites (tertiary alicyclic amines) is 1. The zero-order valence-electron chi connectivity index (χ0n) is 21.5. The summed E-state index contributed by atoms with van der Waals surface area (Å²) in [4.78, 5) is 63.7. The first-order chi connectivity index (χ1) is 17.3. The van der Waals surface area contributed by atoms with Crippen molar-refractivity contribution in [2.45, 2.75) is 76.7 Å². The van der Waals surface area contributed by atoms with Gasteiger partial charge in [-0.05, 0) is 38.5 Å². The van der Waals surface area contributed by atoms with E-state index >= 15 is 0 Å². The summed E-state index contributed by atoms with van der Waals surface area (Å²) in [5.74, 6) is -4.40. The minimum atomic E-state index is -1.21. The number of carbonyl (C=O) groups excluding carboxylic acids is 4. The zero-order valence-corrected chi connectivity index (χ0v) is 21.5. The van der Waals surface area contributed by atoms with Crippen molar-refractivity contribution in [1.82, 2.24) is 26.2 Å². The number of carboxylic acids is 1. The van der Waals surface area contributed by atoms with Crippen molar-refractivity contribution in [2.75, 3.05) is 19.7 Å². The maximum absolute atomic E-state index is 13.0. The molecule has 15 heteroatoms. The predicted molar refractivity (Wildman–Crippen MR) is 133 cm³/mol. The highest BCUT2D eigenvalue weighted by molar-refractivity contribution is 5.95. The Morgan fingerprint density at radius 3 is 2.27 bits per heavy atom. The SMILES string of the molecule is CC(C)[C@H](NC(=O)[C@H](C)NC(=O)[C@H](CCCNC(=N)N)NC(=O)[C@@H]1CCCN1C(=O)[C@@H](N)CO)C(=O)O. The number of amides is 4. The highest BCUT2D eigenvalue weighted by Gasteiger charge is 2.37. The largest absolute Gasteiger partial charge is 0.480 e. The Morgan fingerprint density at radius 1 is 1.08 bits per heavy atom. The summed E-state index contributed by atoms with van der Waals surface area (Å²) in [6.07, 6.45) is 1.34. The molecule has 0 aromatic rings. The second kappa shape index (κ2) is 14.9. The van der Waals surface area contributed by atoms with Gasteiger partial charge >= 0.3 is 5.97 Å². The van der Waals surface area contributed by atoms with Crippen LogP contribution in [0.3, 0.4) is 0 Å². The third-order valence-electron chi connectivity index (χ3n) is 5.95. The molecule has 4 amide bonds. The highest BCUT2D eigenvalue weighted by Crippen LogP contribution is 2.19. The van der Waals surface area contributed by atoms with Crippen LogP contribution in [0, 0.1) is 11.3 Å². The van der Waals surface area contributed by atoms with Gasteiger partial charge in [-0.3, -0.25) is 24.6 Å². The van der Waals surface area contributed by atoms with Gasteiger partial charge in [-0.25, -0.2) is 4.79 Å². The average Bonchev–Trinajstić information content (AvgIpc) is 3.32. The molecule has 0 radical (unpaired) electrons. The maximum Gasteiger partial charge on any atom is 0.326 e. The van der Waals surface area contributed by atoms with Gasteiger partial charge < -0.3 is 47.8 Å². The van der Waals surface area contributed by atoms with Crippen LogP contribution >= 0.6 is 0 Å². The van der Waals surface area contributed by atoms with Crippen molar-refractivity contribution < 1.29 is 34.2 Å². The van der Waals surface area contributed by atoms with Crippen molar-refractivity contribution >= 4 is 35.6 Å². The van der Waals surface area contributed by atoms with Crippen molar-refractivity contribution in [1.29, 1.82) is 5.41 Å². The van der Waals surface area contributed by atoms with E-state index in [4.69, 9.17) is 16.9 Å². The second-order valence-corrected chi connectivity index (χ2v) is 9.32.